The van der Waals surface area contributed by atoms with E-state index in [1.54, 1.807) is 0 Å². The van der Waals surface area contributed by atoms with E-state index in [0.29, 0.717) is 6.04 Å². The quantitative estimate of drug-likeness (QED) is 0.891. The predicted octanol–water partition coefficient (Wildman–Crippen LogP) is 2.03. The molecule has 1 aromatic heterocycles. The average molecular weight is 270 g/mol. The molecular weight excluding hydrogens is 254 g/mol. The van der Waals surface area contributed by atoms with E-state index in [9.17, 15) is 0 Å². The Bertz CT molecular complexity index is 306. The van der Waals surface area contributed by atoms with E-state index >= 15 is 0 Å². The minimum Gasteiger partial charge on any atom is -0.357 e. The van der Waals surface area contributed by atoms with Gasteiger partial charge in [0.15, 0.2) is 0 Å². The Morgan fingerprint density at radius 1 is 1.40 bits per heavy atom. The highest BCUT2D eigenvalue weighted by Crippen LogP contribution is 2.19. The monoisotopic (exact) mass is 269 g/mol. The number of aromatic nitrogens is 1. The molecule has 2 heterocycles. The number of nitrogens with zero attached hydrogens (tertiary/aromatic N) is 2. The molecule has 3 nitrogen and oxygen atoms in total. The molecule has 82 valence electrons. The largest absolute Gasteiger partial charge is 0.357 e. The molecule has 0 saturated carbocycles. The third-order valence-electron chi connectivity index (χ3n) is 2.93. The fourth-order valence-corrected chi connectivity index (χ4v) is 2.19. The molecule has 1 aliphatic heterocycles. The zero-order chi connectivity index (χ0) is 10.7. The maximum atomic E-state index is 4.41. The predicted molar refractivity (Wildman–Crippen MR) is 66.2 cm³/mol. The standard InChI is InChI=1S/C11H16BrN3/c1-15(10-4-6-13-7-5-10)11-3-2-9(12)8-14-11/h2-3,8,10,13H,4-7H2,1H3. The molecule has 1 fully saturated rings. The van der Waals surface area contributed by atoms with Gasteiger partial charge in [0.2, 0.25) is 0 Å². The minimum atomic E-state index is 0.625. The number of pyridine rings is 1. The van der Waals surface area contributed by atoms with Crippen LogP contribution in [0.25, 0.3) is 0 Å². The first kappa shape index (κ1) is 10.9. The fourth-order valence-electron chi connectivity index (χ4n) is 1.96. The molecule has 0 aliphatic carbocycles. The van der Waals surface area contributed by atoms with Crippen molar-refractivity contribution >= 4 is 21.7 Å². The van der Waals surface area contributed by atoms with Crippen LogP contribution in [0.1, 0.15) is 12.8 Å². The second-order valence-corrected chi connectivity index (χ2v) is 4.84. The van der Waals surface area contributed by atoms with Gasteiger partial charge in [-0.3, -0.25) is 0 Å². The summed E-state index contributed by atoms with van der Waals surface area (Å²) in [4.78, 5) is 6.70. The Labute approximate surface area is 99.0 Å². The molecule has 0 radical (unpaired) electrons. The Hall–Kier alpha value is -0.610. The van der Waals surface area contributed by atoms with Crippen molar-refractivity contribution in [2.24, 2.45) is 0 Å². The third-order valence-corrected chi connectivity index (χ3v) is 3.40. The van der Waals surface area contributed by atoms with Crippen molar-refractivity contribution in [3.63, 3.8) is 0 Å². The van der Waals surface area contributed by atoms with Crippen LogP contribution in [0.3, 0.4) is 0 Å². The van der Waals surface area contributed by atoms with E-state index in [1.807, 2.05) is 12.3 Å². The van der Waals surface area contributed by atoms with E-state index in [-0.39, 0.29) is 0 Å². The average Bonchev–Trinajstić information content (AvgIpc) is 2.30. The Kier molecular flexibility index (Phi) is 3.59. The number of nitrogens with one attached hydrogen (secondary N) is 1. The van der Waals surface area contributed by atoms with Gasteiger partial charge in [-0.05, 0) is 54.0 Å². The van der Waals surface area contributed by atoms with Crippen LogP contribution in [0.4, 0.5) is 5.82 Å². The van der Waals surface area contributed by atoms with Crippen LogP contribution < -0.4 is 10.2 Å². The van der Waals surface area contributed by atoms with Crippen molar-refractivity contribution in [3.8, 4) is 0 Å². The summed E-state index contributed by atoms with van der Waals surface area (Å²) in [6, 6.07) is 4.73. The van der Waals surface area contributed by atoms with Crippen molar-refractivity contribution < 1.29 is 0 Å². The molecule has 2 rings (SSSR count). The van der Waals surface area contributed by atoms with E-state index in [4.69, 9.17) is 0 Å². The smallest absolute Gasteiger partial charge is 0.128 e. The molecule has 0 aromatic carbocycles. The number of rotatable bonds is 2. The van der Waals surface area contributed by atoms with Crippen molar-refractivity contribution in [1.29, 1.82) is 0 Å². The fraction of sp³-hybridized carbons (Fsp3) is 0.545. The minimum absolute atomic E-state index is 0.625. The first-order chi connectivity index (χ1) is 7.27. The van der Waals surface area contributed by atoms with E-state index in [0.717, 1.165) is 23.4 Å². The topological polar surface area (TPSA) is 28.2 Å². The van der Waals surface area contributed by atoms with E-state index in [1.165, 1.54) is 12.8 Å². The van der Waals surface area contributed by atoms with Crippen molar-refractivity contribution in [2.75, 3.05) is 25.0 Å². The van der Waals surface area contributed by atoms with Gasteiger partial charge in [0.1, 0.15) is 5.82 Å². The summed E-state index contributed by atoms with van der Waals surface area (Å²) >= 11 is 3.40. The molecule has 1 saturated heterocycles. The molecule has 4 heteroatoms. The van der Waals surface area contributed by atoms with Crippen molar-refractivity contribution in [1.82, 2.24) is 10.3 Å². The lowest BCUT2D eigenvalue weighted by atomic mass is 10.1. The highest BCUT2D eigenvalue weighted by molar-refractivity contribution is 9.10. The van der Waals surface area contributed by atoms with Gasteiger partial charge in [-0.25, -0.2) is 4.98 Å². The van der Waals surface area contributed by atoms with Crippen LogP contribution in [-0.4, -0.2) is 31.2 Å². The molecule has 15 heavy (non-hydrogen) atoms. The van der Waals surface area contributed by atoms with Crippen LogP contribution in [0.2, 0.25) is 0 Å². The summed E-state index contributed by atoms with van der Waals surface area (Å²) in [5.41, 5.74) is 0. The van der Waals surface area contributed by atoms with Gasteiger partial charge in [-0.2, -0.15) is 0 Å². The second kappa shape index (κ2) is 4.94. The summed E-state index contributed by atoms with van der Waals surface area (Å²) in [5, 5.41) is 3.38. The number of hydrogen-bond acceptors (Lipinski definition) is 3. The third kappa shape index (κ3) is 2.69. The summed E-state index contributed by atoms with van der Waals surface area (Å²) in [6.45, 7) is 2.23. The normalized spacial score (nSPS) is 17.7. The molecule has 1 N–H and O–H groups in total. The van der Waals surface area contributed by atoms with Gasteiger partial charge in [0.25, 0.3) is 0 Å². The Morgan fingerprint density at radius 2 is 2.13 bits per heavy atom. The van der Waals surface area contributed by atoms with Crippen molar-refractivity contribution in [2.45, 2.75) is 18.9 Å². The summed E-state index contributed by atoms with van der Waals surface area (Å²) in [7, 11) is 2.13. The maximum Gasteiger partial charge on any atom is 0.128 e. The summed E-state index contributed by atoms with van der Waals surface area (Å²) < 4.78 is 1.03. The summed E-state index contributed by atoms with van der Waals surface area (Å²) in [6.07, 6.45) is 4.26. The molecule has 0 unspecified atom stereocenters. The molecule has 1 aromatic rings. The van der Waals surface area contributed by atoms with Gasteiger partial charge in [0, 0.05) is 23.8 Å². The van der Waals surface area contributed by atoms with Gasteiger partial charge in [-0.15, -0.1) is 0 Å². The second-order valence-electron chi connectivity index (χ2n) is 3.93. The maximum absolute atomic E-state index is 4.41. The van der Waals surface area contributed by atoms with E-state index < -0.39 is 0 Å². The molecular formula is C11H16BrN3. The highest BCUT2D eigenvalue weighted by atomic mass is 79.9. The number of hydrogen-bond donors (Lipinski definition) is 1. The van der Waals surface area contributed by atoms with Gasteiger partial charge in [-0.1, -0.05) is 0 Å². The Morgan fingerprint density at radius 3 is 2.73 bits per heavy atom. The van der Waals surface area contributed by atoms with Gasteiger partial charge in [0.05, 0.1) is 0 Å². The van der Waals surface area contributed by atoms with Crippen LogP contribution in [0.5, 0.6) is 0 Å². The number of piperidine rings is 1. The molecule has 0 amide bonds. The first-order valence-electron chi connectivity index (χ1n) is 5.32. The molecule has 0 atom stereocenters. The van der Waals surface area contributed by atoms with Crippen LogP contribution >= 0.6 is 15.9 Å². The number of halogens is 1. The van der Waals surface area contributed by atoms with Crippen LogP contribution in [0, 0.1) is 0 Å². The van der Waals surface area contributed by atoms with Crippen LogP contribution in [0.15, 0.2) is 22.8 Å². The lowest BCUT2D eigenvalue weighted by Gasteiger charge is -2.32. The SMILES string of the molecule is CN(c1ccc(Br)cn1)C1CCNCC1. The molecule has 0 bridgehead atoms. The highest BCUT2D eigenvalue weighted by Gasteiger charge is 2.18. The molecule has 1 aliphatic rings. The zero-order valence-corrected chi connectivity index (χ0v) is 10.5. The lowest BCUT2D eigenvalue weighted by Crippen LogP contribution is -2.41. The lowest BCUT2D eigenvalue weighted by molar-refractivity contribution is 0.442. The Balaban J connectivity index is 2.05. The summed E-state index contributed by atoms with van der Waals surface area (Å²) in [5.74, 6) is 1.06. The zero-order valence-electron chi connectivity index (χ0n) is 8.91. The first-order valence-corrected chi connectivity index (χ1v) is 6.12. The van der Waals surface area contributed by atoms with Gasteiger partial charge >= 0.3 is 0 Å². The van der Waals surface area contributed by atoms with Crippen LogP contribution in [-0.2, 0) is 0 Å². The van der Waals surface area contributed by atoms with E-state index in [2.05, 4.69) is 44.2 Å². The van der Waals surface area contributed by atoms with Crippen molar-refractivity contribution in [3.05, 3.63) is 22.8 Å². The van der Waals surface area contributed by atoms with Gasteiger partial charge < -0.3 is 10.2 Å². The molecule has 0 spiro atoms. The number of anilines is 1.